The molecule has 3 rings (SSSR count). The van der Waals surface area contributed by atoms with Gasteiger partial charge < -0.3 is 14.5 Å². The number of hydrogen-bond acceptors (Lipinski definition) is 7. The van der Waals surface area contributed by atoms with Crippen molar-refractivity contribution in [2.45, 2.75) is 18.6 Å². The molecule has 1 aromatic heterocycles. The second kappa shape index (κ2) is 9.36. The molecule has 2 aromatic rings. The topological polar surface area (TPSA) is 80.5 Å². The highest BCUT2D eigenvalue weighted by molar-refractivity contribution is 7.99. The number of benzene rings is 1. The van der Waals surface area contributed by atoms with Crippen molar-refractivity contribution in [2.75, 3.05) is 43.9 Å². The Morgan fingerprint density at radius 1 is 1.35 bits per heavy atom. The molecule has 1 saturated heterocycles. The lowest BCUT2D eigenvalue weighted by Crippen LogP contribution is -2.37. The Labute approximate surface area is 161 Å². The Morgan fingerprint density at radius 3 is 2.92 bits per heavy atom. The maximum atomic E-state index is 12.0. The molecule has 7 nitrogen and oxygen atoms in total. The third-order valence-corrected chi connectivity index (χ3v) is 5.20. The number of thioether (sulfide) groups is 1. The van der Waals surface area contributed by atoms with Crippen molar-refractivity contribution in [3.8, 4) is 0 Å². The van der Waals surface area contributed by atoms with Crippen molar-refractivity contribution in [1.82, 2.24) is 15.1 Å². The average Bonchev–Trinajstić information content (AvgIpc) is 3.10. The molecule has 1 aromatic carbocycles. The first-order valence-corrected chi connectivity index (χ1v) is 9.78. The van der Waals surface area contributed by atoms with E-state index in [1.165, 1.54) is 11.8 Å². The number of aromatic nitrogens is 2. The van der Waals surface area contributed by atoms with Gasteiger partial charge in [0.2, 0.25) is 11.8 Å². The summed E-state index contributed by atoms with van der Waals surface area (Å²) in [5.41, 5.74) is 1.64. The van der Waals surface area contributed by atoms with E-state index >= 15 is 0 Å². The number of nitrogens with zero attached hydrogens (tertiary/aromatic N) is 3. The van der Waals surface area contributed by atoms with Gasteiger partial charge in [0.05, 0.1) is 19.0 Å². The summed E-state index contributed by atoms with van der Waals surface area (Å²) in [6, 6.07) is 5.42. The van der Waals surface area contributed by atoms with Crippen LogP contribution in [0.15, 0.2) is 27.8 Å². The van der Waals surface area contributed by atoms with Crippen LogP contribution in [-0.4, -0.2) is 59.6 Å². The van der Waals surface area contributed by atoms with Crippen LogP contribution in [0, 0.1) is 6.92 Å². The van der Waals surface area contributed by atoms with Gasteiger partial charge in [-0.25, -0.2) is 0 Å². The predicted molar refractivity (Wildman–Crippen MR) is 101 cm³/mol. The van der Waals surface area contributed by atoms with E-state index in [0.717, 1.165) is 38.4 Å². The van der Waals surface area contributed by atoms with Crippen molar-refractivity contribution < 1.29 is 13.9 Å². The van der Waals surface area contributed by atoms with Crippen LogP contribution in [-0.2, 0) is 16.0 Å². The number of hydrogen-bond donors (Lipinski definition) is 1. The van der Waals surface area contributed by atoms with Gasteiger partial charge in [0.25, 0.3) is 5.22 Å². The Balaban J connectivity index is 1.42. The zero-order chi connectivity index (χ0) is 18.4. The fourth-order valence-corrected chi connectivity index (χ4v) is 3.23. The number of amides is 1. The van der Waals surface area contributed by atoms with Crippen LogP contribution in [0.4, 0.5) is 5.69 Å². The van der Waals surface area contributed by atoms with Crippen LogP contribution in [0.3, 0.4) is 0 Å². The van der Waals surface area contributed by atoms with Crippen LogP contribution in [0.1, 0.15) is 11.5 Å². The minimum atomic E-state index is -0.150. The molecule has 1 aliphatic rings. The van der Waals surface area contributed by atoms with Crippen molar-refractivity contribution in [1.29, 1.82) is 0 Å². The molecule has 0 atom stereocenters. The van der Waals surface area contributed by atoms with Gasteiger partial charge in [0.15, 0.2) is 0 Å². The Hall–Kier alpha value is -1.61. The number of carbonyl (C=O) groups excluding carboxylic acids is 1. The summed E-state index contributed by atoms with van der Waals surface area (Å²) in [6.07, 6.45) is 0.696. The quantitative estimate of drug-likeness (QED) is 0.720. The maximum absolute atomic E-state index is 12.0. The fourth-order valence-electron chi connectivity index (χ4n) is 2.47. The fraction of sp³-hybridized carbons (Fsp3) is 0.471. The zero-order valence-electron chi connectivity index (χ0n) is 14.5. The highest BCUT2D eigenvalue weighted by Crippen LogP contribution is 2.21. The summed E-state index contributed by atoms with van der Waals surface area (Å²) in [6.45, 7) is 6.18. The molecule has 9 heteroatoms. The highest BCUT2D eigenvalue weighted by atomic mass is 35.5. The lowest BCUT2D eigenvalue weighted by atomic mass is 10.2. The minimum absolute atomic E-state index is 0.150. The van der Waals surface area contributed by atoms with Crippen molar-refractivity contribution >= 4 is 35.0 Å². The van der Waals surface area contributed by atoms with E-state index in [0.29, 0.717) is 28.2 Å². The molecule has 1 N–H and O–H groups in total. The Bertz CT molecular complexity index is 749. The molecule has 2 heterocycles. The molecule has 0 unspecified atom stereocenters. The second-order valence-corrected chi connectivity index (χ2v) is 7.30. The van der Waals surface area contributed by atoms with Gasteiger partial charge in [-0.15, -0.1) is 10.2 Å². The number of morpholine rings is 1. The van der Waals surface area contributed by atoms with Crippen molar-refractivity contribution in [3.05, 3.63) is 34.7 Å². The molecule has 0 bridgehead atoms. The predicted octanol–water partition coefficient (Wildman–Crippen LogP) is 2.64. The summed E-state index contributed by atoms with van der Waals surface area (Å²) >= 11 is 7.28. The number of halogens is 1. The summed E-state index contributed by atoms with van der Waals surface area (Å²) in [7, 11) is 0. The van der Waals surface area contributed by atoms with Gasteiger partial charge in [0.1, 0.15) is 0 Å². The number of anilines is 1. The third kappa shape index (κ3) is 5.70. The van der Waals surface area contributed by atoms with Gasteiger partial charge in [-0.2, -0.15) is 0 Å². The van der Waals surface area contributed by atoms with E-state index in [1.54, 1.807) is 6.07 Å². The number of aryl methyl sites for hydroxylation is 1. The second-order valence-electron chi connectivity index (χ2n) is 5.97. The molecule has 0 spiro atoms. The Kier molecular flexibility index (Phi) is 6.90. The number of carbonyl (C=O) groups is 1. The summed E-state index contributed by atoms with van der Waals surface area (Å²) in [4.78, 5) is 14.3. The molecule has 0 saturated carbocycles. The molecule has 1 amide bonds. The lowest BCUT2D eigenvalue weighted by molar-refractivity contribution is -0.113. The molecule has 0 aliphatic carbocycles. The normalized spacial score (nSPS) is 15.2. The van der Waals surface area contributed by atoms with Crippen LogP contribution in [0.5, 0.6) is 0 Å². The SMILES string of the molecule is Cc1ccc(NC(=O)CSc2nnc(CCN3CCOCC3)o2)cc1Cl. The van der Waals surface area contributed by atoms with Crippen molar-refractivity contribution in [2.24, 2.45) is 0 Å². The first-order chi connectivity index (χ1) is 12.6. The molecule has 1 fully saturated rings. The number of rotatable bonds is 7. The summed E-state index contributed by atoms with van der Waals surface area (Å²) in [5, 5.41) is 11.9. The third-order valence-electron chi connectivity index (χ3n) is 3.98. The van der Waals surface area contributed by atoms with Crippen LogP contribution < -0.4 is 5.32 Å². The zero-order valence-corrected chi connectivity index (χ0v) is 16.1. The van der Waals surface area contributed by atoms with E-state index in [9.17, 15) is 4.79 Å². The highest BCUT2D eigenvalue weighted by Gasteiger charge is 2.14. The lowest BCUT2D eigenvalue weighted by Gasteiger charge is -2.25. The molecular formula is C17H21ClN4O3S. The molecule has 140 valence electrons. The largest absolute Gasteiger partial charge is 0.416 e. The van der Waals surface area contributed by atoms with E-state index < -0.39 is 0 Å². The average molecular weight is 397 g/mol. The van der Waals surface area contributed by atoms with E-state index in [-0.39, 0.29) is 11.7 Å². The van der Waals surface area contributed by atoms with Crippen molar-refractivity contribution in [3.63, 3.8) is 0 Å². The molecule has 1 aliphatic heterocycles. The molecular weight excluding hydrogens is 376 g/mol. The van der Waals surface area contributed by atoms with Gasteiger partial charge in [0, 0.05) is 36.8 Å². The van der Waals surface area contributed by atoms with Gasteiger partial charge in [-0.1, -0.05) is 29.4 Å². The van der Waals surface area contributed by atoms with E-state index in [2.05, 4.69) is 20.4 Å². The van der Waals surface area contributed by atoms with Crippen LogP contribution in [0.25, 0.3) is 0 Å². The maximum Gasteiger partial charge on any atom is 0.277 e. The summed E-state index contributed by atoms with van der Waals surface area (Å²) < 4.78 is 10.9. The van der Waals surface area contributed by atoms with Crippen LogP contribution in [0.2, 0.25) is 5.02 Å². The molecule has 26 heavy (non-hydrogen) atoms. The van der Waals surface area contributed by atoms with Gasteiger partial charge >= 0.3 is 0 Å². The Morgan fingerprint density at radius 2 is 2.15 bits per heavy atom. The number of nitrogens with one attached hydrogen (secondary N) is 1. The van der Waals surface area contributed by atoms with E-state index in [4.69, 9.17) is 20.8 Å². The first-order valence-electron chi connectivity index (χ1n) is 8.41. The van der Waals surface area contributed by atoms with Gasteiger partial charge in [-0.3, -0.25) is 9.69 Å². The first kappa shape index (κ1) is 19.2. The number of ether oxygens (including phenoxy) is 1. The smallest absolute Gasteiger partial charge is 0.277 e. The van der Waals surface area contributed by atoms with Crippen LogP contribution >= 0.6 is 23.4 Å². The van der Waals surface area contributed by atoms with E-state index in [1.807, 2.05) is 19.1 Å². The summed E-state index contributed by atoms with van der Waals surface area (Å²) in [5.74, 6) is 0.629. The minimum Gasteiger partial charge on any atom is -0.416 e. The van der Waals surface area contributed by atoms with Gasteiger partial charge in [-0.05, 0) is 24.6 Å². The molecule has 0 radical (unpaired) electrons. The monoisotopic (exact) mass is 396 g/mol. The standard InChI is InChI=1S/C17H21ClN4O3S/c1-12-2-3-13(10-14(12)18)19-15(23)11-26-17-21-20-16(25-17)4-5-22-6-8-24-9-7-22/h2-3,10H,4-9,11H2,1H3,(H,19,23).